The zero-order valence-corrected chi connectivity index (χ0v) is 12.9. The van der Waals surface area contributed by atoms with Crippen LogP contribution in [-0.2, 0) is 11.2 Å². The zero-order chi connectivity index (χ0) is 15.5. The van der Waals surface area contributed by atoms with E-state index in [9.17, 15) is 4.79 Å². The van der Waals surface area contributed by atoms with Crippen molar-refractivity contribution in [2.24, 2.45) is 0 Å². The highest BCUT2D eigenvalue weighted by molar-refractivity contribution is 5.79. The third-order valence-electron chi connectivity index (χ3n) is 4.05. The molecule has 2 heterocycles. The van der Waals surface area contributed by atoms with Crippen LogP contribution < -0.4 is 4.74 Å². The molecule has 0 saturated carbocycles. The third-order valence-corrected chi connectivity index (χ3v) is 4.05. The Morgan fingerprint density at radius 2 is 2.32 bits per heavy atom. The monoisotopic (exact) mass is 300 g/mol. The lowest BCUT2D eigenvalue weighted by Crippen LogP contribution is -2.31. The molecule has 1 fully saturated rings. The number of hydrogen-bond donors (Lipinski definition) is 0. The molecular formula is C17H20N2O3. The van der Waals surface area contributed by atoms with Crippen molar-refractivity contribution >= 4 is 5.91 Å². The molecule has 0 spiro atoms. The first kappa shape index (κ1) is 14.6. The minimum absolute atomic E-state index is 0.0847. The van der Waals surface area contributed by atoms with E-state index < -0.39 is 0 Å². The first-order chi connectivity index (χ1) is 10.7. The van der Waals surface area contributed by atoms with Gasteiger partial charge < -0.3 is 14.2 Å². The minimum atomic E-state index is 0.0847. The lowest BCUT2D eigenvalue weighted by molar-refractivity contribution is -0.131. The second kappa shape index (κ2) is 6.22. The molecule has 1 amide bonds. The molecule has 1 aromatic carbocycles. The maximum Gasteiger partial charge on any atom is 0.230 e. The van der Waals surface area contributed by atoms with Crippen LogP contribution in [0, 0.1) is 6.92 Å². The maximum absolute atomic E-state index is 12.6. The van der Waals surface area contributed by atoms with E-state index in [1.54, 1.807) is 7.11 Å². The lowest BCUT2D eigenvalue weighted by Gasteiger charge is -2.25. The summed E-state index contributed by atoms with van der Waals surface area (Å²) in [5.74, 6) is 1.53. The summed E-state index contributed by atoms with van der Waals surface area (Å²) in [7, 11) is 1.66. The van der Waals surface area contributed by atoms with Crippen molar-refractivity contribution in [1.29, 1.82) is 0 Å². The van der Waals surface area contributed by atoms with Crippen molar-refractivity contribution in [2.45, 2.75) is 32.2 Å². The van der Waals surface area contributed by atoms with E-state index in [1.807, 2.05) is 36.1 Å². The summed E-state index contributed by atoms with van der Waals surface area (Å²) < 4.78 is 10.4. The van der Waals surface area contributed by atoms with E-state index in [0.29, 0.717) is 5.76 Å². The molecule has 1 atom stereocenters. The molecule has 3 rings (SSSR count). The molecule has 0 aliphatic carbocycles. The number of rotatable bonds is 4. The number of carbonyl (C=O) groups excluding carboxylic acids is 1. The molecule has 5 nitrogen and oxygen atoms in total. The van der Waals surface area contributed by atoms with E-state index in [1.165, 1.54) is 0 Å². The van der Waals surface area contributed by atoms with E-state index in [2.05, 4.69) is 11.2 Å². The van der Waals surface area contributed by atoms with Gasteiger partial charge in [0.05, 0.1) is 25.3 Å². The van der Waals surface area contributed by atoms with Gasteiger partial charge in [0, 0.05) is 12.6 Å². The van der Waals surface area contributed by atoms with Gasteiger partial charge in [-0.15, -0.1) is 0 Å². The Morgan fingerprint density at radius 3 is 3.05 bits per heavy atom. The minimum Gasteiger partial charge on any atom is -0.497 e. The Morgan fingerprint density at radius 1 is 1.45 bits per heavy atom. The largest absolute Gasteiger partial charge is 0.497 e. The van der Waals surface area contributed by atoms with Crippen LogP contribution in [0.3, 0.4) is 0 Å². The van der Waals surface area contributed by atoms with E-state index in [4.69, 9.17) is 9.26 Å². The van der Waals surface area contributed by atoms with Crippen molar-refractivity contribution < 1.29 is 14.1 Å². The standard InChI is InChI=1S/C17H20N2O3/c1-12-9-15(22-18-12)11-17(20)19-8-4-7-16(19)13-5-3-6-14(10-13)21-2/h3,5-6,9-10,16H,4,7-8,11H2,1-2H3/t16-/m0/s1. The topological polar surface area (TPSA) is 55.6 Å². The van der Waals surface area contributed by atoms with Gasteiger partial charge in [0.1, 0.15) is 11.5 Å². The number of likely N-dealkylation sites (tertiary alicyclic amines) is 1. The van der Waals surface area contributed by atoms with Gasteiger partial charge >= 0.3 is 0 Å². The van der Waals surface area contributed by atoms with Gasteiger partial charge in [-0.2, -0.15) is 0 Å². The first-order valence-electron chi connectivity index (χ1n) is 7.53. The summed E-state index contributed by atoms with van der Waals surface area (Å²) in [4.78, 5) is 14.5. The Bertz CT molecular complexity index is 665. The van der Waals surface area contributed by atoms with Crippen LogP contribution in [0.2, 0.25) is 0 Å². The van der Waals surface area contributed by atoms with E-state index in [0.717, 1.165) is 36.4 Å². The van der Waals surface area contributed by atoms with Crippen LogP contribution in [-0.4, -0.2) is 29.6 Å². The van der Waals surface area contributed by atoms with Crippen LogP contribution in [0.4, 0.5) is 0 Å². The summed E-state index contributed by atoms with van der Waals surface area (Å²) in [6, 6.07) is 9.88. The fourth-order valence-corrected chi connectivity index (χ4v) is 3.01. The number of nitrogens with zero attached hydrogens (tertiary/aromatic N) is 2. The smallest absolute Gasteiger partial charge is 0.230 e. The molecule has 0 N–H and O–H groups in total. The second-order valence-electron chi connectivity index (χ2n) is 5.63. The van der Waals surface area contributed by atoms with Crippen LogP contribution in [0.1, 0.15) is 35.9 Å². The highest BCUT2D eigenvalue weighted by Gasteiger charge is 2.30. The number of methoxy groups -OCH3 is 1. The highest BCUT2D eigenvalue weighted by Crippen LogP contribution is 2.33. The third kappa shape index (κ3) is 2.98. The zero-order valence-electron chi connectivity index (χ0n) is 12.9. The van der Waals surface area contributed by atoms with E-state index in [-0.39, 0.29) is 18.4 Å². The van der Waals surface area contributed by atoms with Gasteiger partial charge in [-0.1, -0.05) is 17.3 Å². The van der Waals surface area contributed by atoms with Crippen molar-refractivity contribution in [3.8, 4) is 5.75 Å². The normalized spacial score (nSPS) is 17.7. The number of aryl methyl sites for hydroxylation is 1. The van der Waals surface area contributed by atoms with Crippen molar-refractivity contribution in [2.75, 3.05) is 13.7 Å². The Kier molecular flexibility index (Phi) is 4.13. The highest BCUT2D eigenvalue weighted by atomic mass is 16.5. The average Bonchev–Trinajstić information content (AvgIpc) is 3.16. The molecule has 0 unspecified atom stereocenters. The molecule has 0 bridgehead atoms. The van der Waals surface area contributed by atoms with Gasteiger partial charge in [-0.3, -0.25) is 4.79 Å². The number of hydrogen-bond acceptors (Lipinski definition) is 4. The lowest BCUT2D eigenvalue weighted by atomic mass is 10.0. The number of carbonyl (C=O) groups is 1. The molecule has 1 aliphatic heterocycles. The predicted molar refractivity (Wildman–Crippen MR) is 81.6 cm³/mol. The number of aromatic nitrogens is 1. The van der Waals surface area contributed by atoms with Gasteiger partial charge in [-0.25, -0.2) is 0 Å². The van der Waals surface area contributed by atoms with Crippen LogP contribution >= 0.6 is 0 Å². The van der Waals surface area contributed by atoms with Crippen molar-refractivity contribution in [3.05, 3.63) is 47.3 Å². The Balaban J connectivity index is 1.75. The van der Waals surface area contributed by atoms with Crippen LogP contribution in [0.15, 0.2) is 34.9 Å². The number of amides is 1. The summed E-state index contributed by atoms with van der Waals surface area (Å²) in [6.45, 7) is 2.64. The number of ether oxygens (including phenoxy) is 1. The average molecular weight is 300 g/mol. The quantitative estimate of drug-likeness (QED) is 0.871. The molecule has 1 aliphatic rings. The molecule has 5 heteroatoms. The van der Waals surface area contributed by atoms with Crippen molar-refractivity contribution in [3.63, 3.8) is 0 Å². The van der Waals surface area contributed by atoms with Gasteiger partial charge in [-0.05, 0) is 37.5 Å². The van der Waals surface area contributed by atoms with E-state index >= 15 is 0 Å². The molecular weight excluding hydrogens is 280 g/mol. The summed E-state index contributed by atoms with van der Waals surface area (Å²) in [5, 5.41) is 3.83. The molecule has 1 aromatic heterocycles. The van der Waals surface area contributed by atoms with Gasteiger partial charge in [0.25, 0.3) is 0 Å². The SMILES string of the molecule is COc1cccc([C@@H]2CCCN2C(=O)Cc2cc(C)no2)c1. The van der Waals surface area contributed by atoms with Crippen molar-refractivity contribution in [1.82, 2.24) is 10.1 Å². The number of benzene rings is 1. The Hall–Kier alpha value is -2.30. The van der Waals surface area contributed by atoms with Crippen LogP contribution in [0.5, 0.6) is 5.75 Å². The second-order valence-corrected chi connectivity index (χ2v) is 5.63. The molecule has 22 heavy (non-hydrogen) atoms. The summed E-state index contributed by atoms with van der Waals surface area (Å²) in [6.07, 6.45) is 2.26. The molecule has 1 saturated heterocycles. The summed E-state index contributed by atoms with van der Waals surface area (Å²) in [5.41, 5.74) is 1.92. The Labute approximate surface area is 129 Å². The van der Waals surface area contributed by atoms with Crippen LogP contribution in [0.25, 0.3) is 0 Å². The fourth-order valence-electron chi connectivity index (χ4n) is 3.01. The van der Waals surface area contributed by atoms with Gasteiger partial charge in [0.15, 0.2) is 0 Å². The predicted octanol–water partition coefficient (Wildman–Crippen LogP) is 2.90. The molecule has 2 aromatic rings. The molecule has 116 valence electrons. The first-order valence-corrected chi connectivity index (χ1v) is 7.53. The maximum atomic E-state index is 12.6. The van der Waals surface area contributed by atoms with Gasteiger partial charge in [0.2, 0.25) is 5.91 Å². The molecule has 0 radical (unpaired) electrons. The summed E-state index contributed by atoms with van der Waals surface area (Å²) >= 11 is 0. The fraction of sp³-hybridized carbons (Fsp3) is 0.412.